The zero-order valence-electron chi connectivity index (χ0n) is 15.4. The van der Waals surface area contributed by atoms with Crippen LogP contribution in [-0.4, -0.2) is 39.5 Å². The molecule has 2 N–H and O–H groups in total. The van der Waals surface area contributed by atoms with Crippen molar-refractivity contribution in [3.05, 3.63) is 67.3 Å². The first-order chi connectivity index (χ1) is 13.5. The number of thiazole rings is 1. The summed E-state index contributed by atoms with van der Waals surface area (Å²) in [5.41, 5.74) is 1.89. The van der Waals surface area contributed by atoms with Gasteiger partial charge in [-0.25, -0.2) is 4.98 Å². The first-order valence-corrected chi connectivity index (χ1v) is 12.1. The van der Waals surface area contributed by atoms with Crippen LogP contribution in [0.25, 0.3) is 0 Å². The molecule has 0 spiro atoms. The fraction of sp³-hybridized carbons (Fsp3) is 0.412. The third-order valence-corrected chi connectivity index (χ3v) is 6.76. The molecule has 0 saturated carbocycles. The Morgan fingerprint density at radius 3 is 2.64 bits per heavy atom. The van der Waals surface area contributed by atoms with Crippen molar-refractivity contribution in [1.82, 2.24) is 20.6 Å². The summed E-state index contributed by atoms with van der Waals surface area (Å²) < 4.78 is 0. The summed E-state index contributed by atoms with van der Waals surface area (Å²) in [6.45, 7) is 3.22. The molecule has 0 amide bonds. The van der Waals surface area contributed by atoms with Gasteiger partial charge in [0.25, 0.3) is 6.20 Å². The van der Waals surface area contributed by atoms with E-state index in [1.165, 1.54) is 0 Å². The first kappa shape index (κ1) is 22.8. The fourth-order valence-electron chi connectivity index (χ4n) is 2.10. The lowest BCUT2D eigenvalue weighted by atomic mass is 10.4. The molecule has 0 radical (unpaired) electrons. The van der Waals surface area contributed by atoms with E-state index < -0.39 is 4.92 Å². The molecular weight excluding hydrogens is 438 g/mol. The second-order valence-corrected chi connectivity index (χ2v) is 9.16. The molecule has 0 aliphatic heterocycles. The minimum Gasteiger partial charge on any atom is -0.366 e. The molecule has 0 aromatic carbocycles. The smallest absolute Gasteiger partial charge is 0.274 e. The molecule has 11 heteroatoms. The van der Waals surface area contributed by atoms with Gasteiger partial charge >= 0.3 is 0 Å². The number of hydrogen-bond acceptors (Lipinski definition) is 9. The Hall–Kier alpha value is -1.49. The summed E-state index contributed by atoms with van der Waals surface area (Å²) in [6.07, 6.45) is 2.69. The number of nitro groups is 1. The van der Waals surface area contributed by atoms with Crippen LogP contribution < -0.4 is 10.6 Å². The second-order valence-electron chi connectivity index (χ2n) is 5.60. The Balaban J connectivity index is 1.62. The van der Waals surface area contributed by atoms with Crippen molar-refractivity contribution in [3.8, 4) is 0 Å². The Morgan fingerprint density at radius 2 is 2.04 bits per heavy atom. The van der Waals surface area contributed by atoms with Gasteiger partial charge in [-0.1, -0.05) is 11.6 Å². The number of aryl methyl sites for hydroxylation is 1. The number of thioether (sulfide) groups is 2. The Morgan fingerprint density at radius 1 is 1.32 bits per heavy atom. The van der Waals surface area contributed by atoms with Crippen molar-refractivity contribution in [1.29, 1.82) is 0 Å². The number of hydrogen-bond donors (Lipinski definition) is 2. The number of rotatable bonds is 13. The molecule has 2 aromatic rings. The molecule has 2 rings (SSSR count). The molecular formula is C17H22ClN5O2S3. The van der Waals surface area contributed by atoms with E-state index in [4.69, 9.17) is 11.6 Å². The van der Waals surface area contributed by atoms with Gasteiger partial charge in [0.15, 0.2) is 5.82 Å². The van der Waals surface area contributed by atoms with Gasteiger partial charge in [-0.15, -0.1) is 11.3 Å². The molecule has 0 saturated heterocycles. The van der Waals surface area contributed by atoms with E-state index in [1.807, 2.05) is 18.4 Å². The van der Waals surface area contributed by atoms with Gasteiger partial charge in [0.1, 0.15) is 5.01 Å². The monoisotopic (exact) mass is 459 g/mol. The maximum absolute atomic E-state index is 10.8. The van der Waals surface area contributed by atoms with Crippen LogP contribution in [0.1, 0.15) is 16.4 Å². The Labute approximate surface area is 181 Å². The summed E-state index contributed by atoms with van der Waals surface area (Å²) in [6, 6.07) is 3.62. The van der Waals surface area contributed by atoms with E-state index in [1.54, 1.807) is 47.1 Å². The van der Waals surface area contributed by atoms with Crippen molar-refractivity contribution in [2.45, 2.75) is 18.4 Å². The number of halogens is 1. The molecule has 0 bridgehead atoms. The minimum absolute atomic E-state index is 0.423. The average molecular weight is 460 g/mol. The highest BCUT2D eigenvalue weighted by Gasteiger charge is 2.04. The van der Waals surface area contributed by atoms with Crippen molar-refractivity contribution in [2.24, 2.45) is 0 Å². The predicted octanol–water partition coefficient (Wildman–Crippen LogP) is 3.92. The van der Waals surface area contributed by atoms with Gasteiger partial charge in [-0.2, -0.15) is 23.5 Å². The largest absolute Gasteiger partial charge is 0.366 e. The van der Waals surface area contributed by atoms with Gasteiger partial charge in [-0.05, 0) is 19.1 Å². The molecule has 2 aromatic heterocycles. The predicted molar refractivity (Wildman–Crippen MR) is 120 cm³/mol. The highest BCUT2D eigenvalue weighted by Crippen LogP contribution is 2.18. The van der Waals surface area contributed by atoms with E-state index in [0.717, 1.165) is 39.9 Å². The maximum atomic E-state index is 10.8. The van der Waals surface area contributed by atoms with Crippen molar-refractivity contribution in [2.75, 3.05) is 24.6 Å². The minimum atomic E-state index is -0.457. The molecule has 0 fully saturated rings. The average Bonchev–Trinajstić information content (AvgIpc) is 3.07. The molecule has 0 unspecified atom stereocenters. The Kier molecular flexibility index (Phi) is 10.5. The van der Waals surface area contributed by atoms with Gasteiger partial charge < -0.3 is 10.6 Å². The summed E-state index contributed by atoms with van der Waals surface area (Å²) in [5, 5.41) is 20.8. The summed E-state index contributed by atoms with van der Waals surface area (Å²) in [4.78, 5) is 19.0. The van der Waals surface area contributed by atoms with Crippen LogP contribution in [0.3, 0.4) is 0 Å². The number of pyridine rings is 1. The Bertz CT molecular complexity index is 788. The summed E-state index contributed by atoms with van der Waals surface area (Å²) >= 11 is 11.2. The SMILES string of the molecule is Cc1csc(CSCCNC(=C[N+](=O)[O-])NCCSCc2ncccc2Cl)n1. The van der Waals surface area contributed by atoms with Crippen LogP contribution in [0.2, 0.25) is 5.02 Å². The van der Waals surface area contributed by atoms with Gasteiger partial charge in [0.05, 0.1) is 15.6 Å². The molecule has 0 aliphatic carbocycles. The van der Waals surface area contributed by atoms with Crippen LogP contribution >= 0.6 is 46.5 Å². The summed E-state index contributed by atoms with van der Waals surface area (Å²) in [5.74, 6) is 3.60. The van der Waals surface area contributed by atoms with Gasteiger partial charge in [0, 0.05) is 53.4 Å². The van der Waals surface area contributed by atoms with E-state index in [2.05, 4.69) is 20.6 Å². The molecule has 0 atom stereocenters. The quantitative estimate of drug-likeness (QED) is 0.264. The molecule has 0 aliphatic rings. The second kappa shape index (κ2) is 12.9. The van der Waals surface area contributed by atoms with E-state index >= 15 is 0 Å². The van der Waals surface area contributed by atoms with E-state index in [0.29, 0.717) is 29.7 Å². The van der Waals surface area contributed by atoms with Crippen molar-refractivity contribution in [3.63, 3.8) is 0 Å². The summed E-state index contributed by atoms with van der Waals surface area (Å²) in [7, 11) is 0. The fourth-order valence-corrected chi connectivity index (χ4v) is 4.89. The van der Waals surface area contributed by atoms with Crippen LogP contribution in [0.4, 0.5) is 0 Å². The zero-order chi connectivity index (χ0) is 20.2. The molecule has 7 nitrogen and oxygen atoms in total. The normalized spacial score (nSPS) is 11.4. The lowest BCUT2D eigenvalue weighted by molar-refractivity contribution is -0.404. The van der Waals surface area contributed by atoms with Crippen molar-refractivity contribution < 1.29 is 4.92 Å². The molecule has 152 valence electrons. The maximum Gasteiger partial charge on any atom is 0.274 e. The number of nitrogens with one attached hydrogen (secondary N) is 2. The van der Waals surface area contributed by atoms with Crippen molar-refractivity contribution >= 4 is 46.5 Å². The number of aromatic nitrogens is 2. The third-order valence-electron chi connectivity index (χ3n) is 3.32. The van der Waals surface area contributed by atoms with E-state index in [-0.39, 0.29) is 0 Å². The molecule has 28 heavy (non-hydrogen) atoms. The van der Waals surface area contributed by atoms with Crippen LogP contribution in [0.15, 0.2) is 35.7 Å². The standard InChI is InChI=1S/C17H22ClN5O2S3/c1-13-10-28-17(22-13)12-27-8-6-21-16(9-23(24)25)20-5-7-26-11-15-14(18)3-2-4-19-15/h2-4,9-10,20-21H,5-8,11-12H2,1H3. The highest BCUT2D eigenvalue weighted by molar-refractivity contribution is 7.98. The van der Waals surface area contributed by atoms with Gasteiger partial charge in [-0.3, -0.25) is 15.1 Å². The lowest BCUT2D eigenvalue weighted by Gasteiger charge is -2.11. The number of nitrogens with zero attached hydrogens (tertiary/aromatic N) is 3. The first-order valence-electron chi connectivity index (χ1n) is 8.53. The highest BCUT2D eigenvalue weighted by atomic mass is 35.5. The molecule has 2 heterocycles. The van der Waals surface area contributed by atoms with Crippen LogP contribution in [0.5, 0.6) is 0 Å². The zero-order valence-corrected chi connectivity index (χ0v) is 18.6. The lowest BCUT2D eigenvalue weighted by Crippen LogP contribution is -2.30. The topological polar surface area (TPSA) is 93.0 Å². The van der Waals surface area contributed by atoms with Gasteiger partial charge in [0.2, 0.25) is 0 Å². The third kappa shape index (κ3) is 9.13. The van der Waals surface area contributed by atoms with Crippen LogP contribution in [0, 0.1) is 17.0 Å². The van der Waals surface area contributed by atoms with E-state index in [9.17, 15) is 10.1 Å². The van der Waals surface area contributed by atoms with Crippen LogP contribution in [-0.2, 0) is 11.5 Å².